The highest BCUT2D eigenvalue weighted by Crippen LogP contribution is 2.19. The predicted octanol–water partition coefficient (Wildman–Crippen LogP) is 1.72. The predicted molar refractivity (Wildman–Crippen MR) is 97.9 cm³/mol. The molecular formula is C19H16ClN3O4. The summed E-state index contributed by atoms with van der Waals surface area (Å²) in [5, 5.41) is 0.257. The zero-order valence-corrected chi connectivity index (χ0v) is 15.0. The minimum Gasteiger partial charge on any atom is -0.278 e. The van der Waals surface area contributed by atoms with E-state index >= 15 is 0 Å². The van der Waals surface area contributed by atoms with Gasteiger partial charge in [-0.3, -0.25) is 34.9 Å². The van der Waals surface area contributed by atoms with Gasteiger partial charge in [0.25, 0.3) is 11.8 Å². The van der Waals surface area contributed by atoms with Crippen LogP contribution >= 0.6 is 11.6 Å². The Kier molecular flexibility index (Phi) is 5.52. The van der Waals surface area contributed by atoms with Crippen molar-refractivity contribution in [2.75, 3.05) is 6.54 Å². The number of amides is 4. The van der Waals surface area contributed by atoms with Crippen molar-refractivity contribution in [2.24, 2.45) is 0 Å². The fraction of sp³-hybridized carbons (Fsp3) is 0.158. The van der Waals surface area contributed by atoms with E-state index in [-0.39, 0.29) is 35.9 Å². The number of imide groups is 1. The van der Waals surface area contributed by atoms with Crippen LogP contribution < -0.4 is 10.9 Å². The maximum Gasteiger partial charge on any atom is 0.271 e. The first kappa shape index (κ1) is 18.6. The lowest BCUT2D eigenvalue weighted by molar-refractivity contribution is -0.129. The zero-order valence-electron chi connectivity index (χ0n) is 14.2. The summed E-state index contributed by atoms with van der Waals surface area (Å²) in [7, 11) is 0. The molecule has 2 aromatic rings. The molecule has 0 aromatic heterocycles. The largest absolute Gasteiger partial charge is 0.278 e. The molecule has 27 heavy (non-hydrogen) atoms. The molecule has 2 N–H and O–H groups in total. The van der Waals surface area contributed by atoms with Gasteiger partial charge in [0, 0.05) is 18.5 Å². The van der Waals surface area contributed by atoms with Gasteiger partial charge in [-0.15, -0.1) is 0 Å². The Morgan fingerprint density at radius 2 is 1.70 bits per heavy atom. The topological polar surface area (TPSA) is 95.6 Å². The van der Waals surface area contributed by atoms with E-state index in [0.717, 1.165) is 4.90 Å². The number of halogens is 1. The van der Waals surface area contributed by atoms with Crippen molar-refractivity contribution in [2.45, 2.75) is 12.8 Å². The summed E-state index contributed by atoms with van der Waals surface area (Å²) < 4.78 is 0. The molecule has 4 amide bonds. The molecular weight excluding hydrogens is 370 g/mol. The van der Waals surface area contributed by atoms with E-state index in [9.17, 15) is 19.2 Å². The fourth-order valence-electron chi connectivity index (χ4n) is 2.74. The van der Waals surface area contributed by atoms with Crippen LogP contribution in [-0.2, 0) is 16.0 Å². The van der Waals surface area contributed by atoms with Gasteiger partial charge >= 0.3 is 0 Å². The van der Waals surface area contributed by atoms with Gasteiger partial charge in [-0.1, -0.05) is 41.9 Å². The van der Waals surface area contributed by atoms with Gasteiger partial charge < -0.3 is 0 Å². The molecule has 0 spiro atoms. The molecule has 8 heteroatoms. The van der Waals surface area contributed by atoms with Crippen molar-refractivity contribution in [1.29, 1.82) is 0 Å². The van der Waals surface area contributed by atoms with E-state index in [1.807, 2.05) is 0 Å². The smallest absolute Gasteiger partial charge is 0.271 e. The van der Waals surface area contributed by atoms with Gasteiger partial charge in [-0.05, 0) is 23.8 Å². The summed E-state index contributed by atoms with van der Waals surface area (Å²) >= 11 is 5.92. The van der Waals surface area contributed by atoms with Gasteiger partial charge in [0.1, 0.15) is 0 Å². The number of hydrogen-bond donors (Lipinski definition) is 2. The highest BCUT2D eigenvalue weighted by atomic mass is 35.5. The lowest BCUT2D eigenvalue weighted by Gasteiger charge is -2.26. The van der Waals surface area contributed by atoms with Crippen LogP contribution in [0.2, 0.25) is 5.02 Å². The van der Waals surface area contributed by atoms with Gasteiger partial charge in [-0.25, -0.2) is 0 Å². The molecule has 2 aromatic carbocycles. The summed E-state index contributed by atoms with van der Waals surface area (Å²) in [6, 6.07) is 13.3. The monoisotopic (exact) mass is 385 g/mol. The molecule has 0 atom stereocenters. The van der Waals surface area contributed by atoms with Crippen molar-refractivity contribution in [3.8, 4) is 0 Å². The molecule has 3 rings (SSSR count). The third-order valence-electron chi connectivity index (χ3n) is 4.13. The second kappa shape index (κ2) is 8.01. The third-order valence-corrected chi connectivity index (χ3v) is 4.46. The lowest BCUT2D eigenvalue weighted by atomic mass is 9.98. The van der Waals surface area contributed by atoms with E-state index < -0.39 is 17.7 Å². The summed E-state index contributed by atoms with van der Waals surface area (Å²) in [6.45, 7) is -0.0696. The summed E-state index contributed by atoms with van der Waals surface area (Å²) in [6.07, 6.45) is -0.0186. The number of hydrogen-bond acceptors (Lipinski definition) is 4. The fourth-order valence-corrected chi connectivity index (χ4v) is 2.96. The van der Waals surface area contributed by atoms with Crippen LogP contribution in [0.25, 0.3) is 0 Å². The third kappa shape index (κ3) is 4.15. The first-order chi connectivity index (χ1) is 13.0. The molecule has 0 saturated heterocycles. The first-order valence-corrected chi connectivity index (χ1v) is 8.61. The standard InChI is InChI=1S/C19H16ClN3O4/c20-15-8-4-3-7-14(15)18(26)22-21-16(24)9-10-23-17(25)11-12-5-1-2-6-13(12)19(23)27/h1-8H,9-11H2,(H,21,24)(H,22,26). The second-order valence-electron chi connectivity index (χ2n) is 5.92. The quantitative estimate of drug-likeness (QED) is 0.618. The van der Waals surface area contributed by atoms with Crippen LogP contribution in [0.4, 0.5) is 0 Å². The van der Waals surface area contributed by atoms with Gasteiger partial charge in [0.05, 0.1) is 17.0 Å². The van der Waals surface area contributed by atoms with Gasteiger partial charge in [-0.2, -0.15) is 0 Å². The normalized spacial score (nSPS) is 13.1. The average Bonchev–Trinajstić information content (AvgIpc) is 2.66. The van der Waals surface area contributed by atoms with Gasteiger partial charge in [0.15, 0.2) is 0 Å². The first-order valence-electron chi connectivity index (χ1n) is 8.23. The summed E-state index contributed by atoms with van der Waals surface area (Å²) in [5.74, 6) is -1.87. The van der Waals surface area contributed by atoms with E-state index in [0.29, 0.717) is 11.1 Å². The Morgan fingerprint density at radius 1 is 1.00 bits per heavy atom. The highest BCUT2D eigenvalue weighted by Gasteiger charge is 2.30. The molecule has 1 aliphatic rings. The molecule has 0 unspecified atom stereocenters. The maximum atomic E-state index is 12.4. The summed E-state index contributed by atoms with van der Waals surface area (Å²) in [4.78, 5) is 49.6. The molecule has 0 radical (unpaired) electrons. The summed E-state index contributed by atoms with van der Waals surface area (Å²) in [5.41, 5.74) is 5.87. The number of fused-ring (bicyclic) bond motifs is 1. The van der Waals surface area contributed by atoms with Crippen LogP contribution in [0.1, 0.15) is 32.7 Å². The Hall–Kier alpha value is -3.19. The van der Waals surface area contributed by atoms with Gasteiger partial charge in [0.2, 0.25) is 11.8 Å². The Balaban J connectivity index is 1.54. The number of carbonyl (C=O) groups is 4. The van der Waals surface area contributed by atoms with Crippen LogP contribution in [0.5, 0.6) is 0 Å². The van der Waals surface area contributed by atoms with Crippen molar-refractivity contribution < 1.29 is 19.2 Å². The maximum absolute atomic E-state index is 12.4. The average molecular weight is 386 g/mol. The second-order valence-corrected chi connectivity index (χ2v) is 6.32. The molecule has 7 nitrogen and oxygen atoms in total. The van der Waals surface area contributed by atoms with Crippen molar-refractivity contribution in [1.82, 2.24) is 15.8 Å². The van der Waals surface area contributed by atoms with Crippen LogP contribution in [0.15, 0.2) is 48.5 Å². The van der Waals surface area contributed by atoms with Crippen LogP contribution in [0, 0.1) is 0 Å². The number of benzene rings is 2. The molecule has 0 aliphatic carbocycles. The molecule has 0 saturated carbocycles. The Labute approximate surface area is 160 Å². The highest BCUT2D eigenvalue weighted by molar-refractivity contribution is 6.33. The van der Waals surface area contributed by atoms with E-state index in [2.05, 4.69) is 10.9 Å². The number of nitrogens with zero attached hydrogens (tertiary/aromatic N) is 1. The minimum atomic E-state index is -0.562. The molecule has 1 heterocycles. The van der Waals surface area contributed by atoms with E-state index in [1.54, 1.807) is 42.5 Å². The van der Waals surface area contributed by atoms with Crippen molar-refractivity contribution >= 4 is 35.2 Å². The number of rotatable bonds is 4. The molecule has 138 valence electrons. The Bertz CT molecular complexity index is 929. The van der Waals surface area contributed by atoms with Crippen molar-refractivity contribution in [3.63, 3.8) is 0 Å². The van der Waals surface area contributed by atoms with E-state index in [1.165, 1.54) is 6.07 Å². The molecule has 0 bridgehead atoms. The number of carbonyl (C=O) groups excluding carboxylic acids is 4. The SMILES string of the molecule is O=C(CCN1C(=O)Cc2ccccc2C1=O)NNC(=O)c1ccccc1Cl. The molecule has 0 fully saturated rings. The number of hydrazine groups is 1. The zero-order chi connectivity index (χ0) is 19.4. The number of nitrogens with one attached hydrogen (secondary N) is 2. The minimum absolute atomic E-state index is 0.0696. The van der Waals surface area contributed by atoms with Crippen molar-refractivity contribution in [3.05, 3.63) is 70.2 Å². The Morgan fingerprint density at radius 3 is 2.48 bits per heavy atom. The molecule has 1 aliphatic heterocycles. The van der Waals surface area contributed by atoms with Crippen LogP contribution in [-0.4, -0.2) is 35.1 Å². The lowest BCUT2D eigenvalue weighted by Crippen LogP contribution is -2.46. The van der Waals surface area contributed by atoms with Crippen LogP contribution in [0.3, 0.4) is 0 Å². The van der Waals surface area contributed by atoms with E-state index in [4.69, 9.17) is 11.6 Å².